The molecule has 0 aliphatic rings. The third kappa shape index (κ3) is 13.9. The van der Waals surface area contributed by atoms with Crippen LogP contribution < -0.4 is 9.47 Å². The molecule has 0 saturated heterocycles. The molecule has 0 bridgehead atoms. The smallest absolute Gasteiger partial charge is 0.138 e. The van der Waals surface area contributed by atoms with Gasteiger partial charge in [-0.1, -0.05) is 113 Å². The van der Waals surface area contributed by atoms with Gasteiger partial charge < -0.3 is 18.9 Å². The molecule has 57 heavy (non-hydrogen) atoms. The number of ether oxygens (including phenoxy) is 4. The van der Waals surface area contributed by atoms with E-state index in [9.17, 15) is 0 Å². The molecule has 6 aromatic rings. The maximum Gasteiger partial charge on any atom is 0.138 e. The Kier molecular flexibility index (Phi) is 15.2. The highest BCUT2D eigenvalue weighted by atomic mass is 31.0. The highest BCUT2D eigenvalue weighted by Gasteiger charge is 2.11. The van der Waals surface area contributed by atoms with Crippen LogP contribution in [-0.4, -0.2) is 41.4 Å². The molecule has 0 fully saturated rings. The topological polar surface area (TPSA) is 87.4 Å². The molecule has 0 saturated carbocycles. The lowest BCUT2D eigenvalue weighted by atomic mass is 10.1. The first-order valence-electron chi connectivity index (χ1n) is 19.2. The molecule has 0 amide bonds. The third-order valence-electron chi connectivity index (χ3n) is 8.99. The van der Waals surface area contributed by atoms with Crippen LogP contribution in [0.15, 0.2) is 138 Å². The highest BCUT2D eigenvalue weighted by molar-refractivity contribution is 7.17. The molecule has 4 aromatic carbocycles. The molecule has 0 N–H and O–H groups in total. The summed E-state index contributed by atoms with van der Waals surface area (Å²) < 4.78 is 24.0. The van der Waals surface area contributed by atoms with Gasteiger partial charge in [0.25, 0.3) is 0 Å². The van der Waals surface area contributed by atoms with Gasteiger partial charge in [0.05, 0.1) is 62.0 Å². The first-order chi connectivity index (χ1) is 27.7. The van der Waals surface area contributed by atoms with Crippen LogP contribution in [0.2, 0.25) is 0 Å². The summed E-state index contributed by atoms with van der Waals surface area (Å²) in [5.41, 5.74) is 12.0. The fourth-order valence-corrected chi connectivity index (χ4v) is 6.57. The summed E-state index contributed by atoms with van der Waals surface area (Å²) >= 11 is 0. The number of rotatable bonds is 19. The number of aliphatic imine (C=N–C) groups is 2. The minimum absolute atomic E-state index is 0.0943. The third-order valence-corrected chi connectivity index (χ3v) is 9.35. The zero-order valence-corrected chi connectivity index (χ0v) is 34.3. The Morgan fingerprint density at radius 3 is 1.47 bits per heavy atom. The van der Waals surface area contributed by atoms with Gasteiger partial charge in [-0.15, -0.1) is 9.24 Å². The average Bonchev–Trinajstić information content (AvgIpc) is 3.21. The van der Waals surface area contributed by atoms with Gasteiger partial charge in [0.2, 0.25) is 0 Å². The Morgan fingerprint density at radius 1 is 0.526 bits per heavy atom. The summed E-state index contributed by atoms with van der Waals surface area (Å²) in [6.07, 6.45) is 7.03. The normalized spacial score (nSPS) is 12.6. The van der Waals surface area contributed by atoms with Crippen LogP contribution in [0.4, 0.5) is 0 Å². The van der Waals surface area contributed by atoms with E-state index in [4.69, 9.17) is 23.9 Å². The van der Waals surface area contributed by atoms with Gasteiger partial charge in [0.1, 0.15) is 24.7 Å². The Labute approximate surface area is 339 Å². The van der Waals surface area contributed by atoms with E-state index in [0.717, 1.165) is 50.7 Å². The lowest BCUT2D eigenvalue weighted by molar-refractivity contribution is 0.108. The molecule has 3 atom stereocenters. The summed E-state index contributed by atoms with van der Waals surface area (Å²) in [6.45, 7) is 11.2. The fraction of sp³-hybridized carbons (Fsp3) is 0.250. The molecule has 6 rings (SSSR count). The molecule has 0 aliphatic heterocycles. The molecule has 0 spiro atoms. The molecule has 8 nitrogen and oxygen atoms in total. The predicted octanol–water partition coefficient (Wildman–Crippen LogP) is 10.1. The quantitative estimate of drug-likeness (QED) is 0.0601. The summed E-state index contributed by atoms with van der Waals surface area (Å²) in [4.78, 5) is 18.5. The van der Waals surface area contributed by atoms with E-state index in [1.807, 2.05) is 42.5 Å². The van der Waals surface area contributed by atoms with Crippen molar-refractivity contribution in [3.8, 4) is 11.5 Å². The van der Waals surface area contributed by atoms with Crippen LogP contribution >= 0.6 is 9.24 Å². The van der Waals surface area contributed by atoms with Gasteiger partial charge >= 0.3 is 0 Å². The van der Waals surface area contributed by atoms with Crippen molar-refractivity contribution in [1.29, 1.82) is 0 Å². The SMILES string of the molecule is Cc1cc(C)cc(COc2ccc(C=N[C@@H](COCc3ccc(COC[C@@H](P)/N=C/c4ccc(OCc5cc(C)cc(C)c5)cn4)cc3)c3ccccc3)nc2)c1. The summed E-state index contributed by atoms with van der Waals surface area (Å²) in [5, 5.41) is 0. The molecule has 0 aliphatic carbocycles. The predicted molar refractivity (Wildman–Crippen MR) is 233 cm³/mol. The van der Waals surface area contributed by atoms with Crippen molar-refractivity contribution in [3.63, 3.8) is 0 Å². The number of pyridine rings is 2. The van der Waals surface area contributed by atoms with Gasteiger partial charge in [0, 0.05) is 12.4 Å². The molecular formula is C48H51N4O4P. The molecule has 0 radical (unpaired) electrons. The van der Waals surface area contributed by atoms with Gasteiger partial charge in [-0.2, -0.15) is 0 Å². The zero-order chi connectivity index (χ0) is 39.8. The largest absolute Gasteiger partial charge is 0.487 e. The van der Waals surface area contributed by atoms with Gasteiger partial charge in [-0.05, 0) is 79.8 Å². The van der Waals surface area contributed by atoms with Crippen molar-refractivity contribution in [2.75, 3.05) is 13.2 Å². The standard InChI is InChI=1S/C48H51N4O4P/c1-34-18-35(2)21-40(20-34)30-55-45-16-14-43(49-26-45)24-51-47(42-8-6-5-7-9-42)32-53-28-38-10-12-39(13-11-38)29-54-33-48(57)52-25-44-15-17-46(27-50-44)56-31-41-22-36(3)19-37(4)23-41/h5-27,47-48H,28-33,57H2,1-4H3/b51-24?,52-25+/t47-,48+/m0/s1. The van der Waals surface area contributed by atoms with E-state index in [-0.39, 0.29) is 11.8 Å². The number of aromatic nitrogens is 2. The van der Waals surface area contributed by atoms with E-state index >= 15 is 0 Å². The number of nitrogens with zero attached hydrogens (tertiary/aromatic N) is 4. The second kappa shape index (κ2) is 21.1. The van der Waals surface area contributed by atoms with Crippen molar-refractivity contribution in [3.05, 3.63) is 189 Å². The molecule has 2 aromatic heterocycles. The van der Waals surface area contributed by atoms with Gasteiger partial charge in [-0.3, -0.25) is 20.0 Å². The van der Waals surface area contributed by atoms with Gasteiger partial charge in [0.15, 0.2) is 0 Å². The Balaban J connectivity index is 0.913. The molecule has 9 heteroatoms. The minimum atomic E-state index is -0.174. The van der Waals surface area contributed by atoms with Gasteiger partial charge in [-0.25, -0.2) is 0 Å². The molecular weight excluding hydrogens is 728 g/mol. The first kappa shape index (κ1) is 41.1. The number of hydrogen-bond acceptors (Lipinski definition) is 8. The second-order valence-electron chi connectivity index (χ2n) is 14.3. The van der Waals surface area contributed by atoms with E-state index in [0.29, 0.717) is 39.6 Å². The monoisotopic (exact) mass is 778 g/mol. The van der Waals surface area contributed by atoms with Crippen molar-refractivity contribution in [1.82, 2.24) is 9.97 Å². The Morgan fingerprint density at radius 2 is 1.00 bits per heavy atom. The van der Waals surface area contributed by atoms with Crippen LogP contribution in [-0.2, 0) is 35.9 Å². The van der Waals surface area contributed by atoms with E-state index in [2.05, 4.69) is 125 Å². The maximum atomic E-state index is 6.18. The number of benzene rings is 4. The number of aryl methyl sites for hydroxylation is 4. The average molecular weight is 779 g/mol. The fourth-order valence-electron chi connectivity index (χ4n) is 6.34. The van der Waals surface area contributed by atoms with Crippen molar-refractivity contribution < 1.29 is 18.9 Å². The van der Waals surface area contributed by atoms with Crippen LogP contribution in [0.1, 0.15) is 67.5 Å². The van der Waals surface area contributed by atoms with E-state index in [1.54, 1.807) is 24.8 Å². The highest BCUT2D eigenvalue weighted by Crippen LogP contribution is 2.20. The summed E-state index contributed by atoms with van der Waals surface area (Å²) in [6, 6.07) is 38.8. The Bertz CT molecular complexity index is 2170. The second-order valence-corrected chi connectivity index (χ2v) is 15.1. The van der Waals surface area contributed by atoms with Crippen LogP contribution in [0.25, 0.3) is 0 Å². The maximum absolute atomic E-state index is 6.18. The lowest BCUT2D eigenvalue weighted by Gasteiger charge is -2.14. The van der Waals surface area contributed by atoms with Crippen LogP contribution in [0.5, 0.6) is 11.5 Å². The first-order valence-corrected chi connectivity index (χ1v) is 19.8. The molecule has 2 heterocycles. The lowest BCUT2D eigenvalue weighted by Crippen LogP contribution is -2.08. The minimum Gasteiger partial charge on any atom is -0.487 e. The molecule has 1 unspecified atom stereocenters. The Hall–Kier alpha value is -5.53. The summed E-state index contributed by atoms with van der Waals surface area (Å²) in [5.74, 6) is 1.35. The molecule has 292 valence electrons. The van der Waals surface area contributed by atoms with E-state index < -0.39 is 0 Å². The summed E-state index contributed by atoms with van der Waals surface area (Å²) in [7, 11) is 2.72. The van der Waals surface area contributed by atoms with Crippen LogP contribution in [0.3, 0.4) is 0 Å². The van der Waals surface area contributed by atoms with Crippen LogP contribution in [0, 0.1) is 27.7 Å². The van der Waals surface area contributed by atoms with Crippen molar-refractivity contribution in [2.24, 2.45) is 9.98 Å². The number of hydrogen-bond donors (Lipinski definition) is 0. The zero-order valence-electron chi connectivity index (χ0n) is 33.2. The van der Waals surface area contributed by atoms with E-state index in [1.165, 1.54) is 22.3 Å². The van der Waals surface area contributed by atoms with Crippen molar-refractivity contribution in [2.45, 2.75) is 65.9 Å². The van der Waals surface area contributed by atoms with Crippen molar-refractivity contribution >= 4 is 21.7 Å².